The number of aliphatic carboxylic acids is 1. The summed E-state index contributed by atoms with van der Waals surface area (Å²) in [6.07, 6.45) is 0. The molecule has 0 fully saturated rings. The van der Waals surface area contributed by atoms with E-state index in [0.717, 1.165) is 4.90 Å². The number of carbonyl (C=O) groups is 3. The van der Waals surface area contributed by atoms with Crippen LogP contribution in [-0.2, 0) is 9.59 Å². The maximum Gasteiger partial charge on any atom is 0.377 e. The fourth-order valence-corrected chi connectivity index (χ4v) is 2.40. The quantitative estimate of drug-likeness (QED) is 0.613. The molecule has 5 nitrogen and oxygen atoms in total. The Balaban J connectivity index is 2.38. The van der Waals surface area contributed by atoms with Gasteiger partial charge in [0.25, 0.3) is 5.78 Å². The highest BCUT2D eigenvalue weighted by Gasteiger charge is 2.24. The summed E-state index contributed by atoms with van der Waals surface area (Å²) in [5, 5.41) is 11.0. The summed E-state index contributed by atoms with van der Waals surface area (Å²) >= 11 is 1.38. The molecule has 17 heavy (non-hydrogen) atoms. The van der Waals surface area contributed by atoms with E-state index >= 15 is 0 Å². The molecule has 0 aliphatic carbocycles. The van der Waals surface area contributed by atoms with Gasteiger partial charge in [-0.2, -0.15) is 0 Å². The first-order chi connectivity index (χ1) is 7.99. The maximum absolute atomic E-state index is 11.4. The van der Waals surface area contributed by atoms with E-state index in [4.69, 9.17) is 5.11 Å². The van der Waals surface area contributed by atoms with Crippen molar-refractivity contribution in [3.05, 3.63) is 23.8 Å². The average Bonchev–Trinajstić information content (AvgIpc) is 2.29. The topological polar surface area (TPSA) is 83.5 Å². The van der Waals surface area contributed by atoms with Gasteiger partial charge in [-0.3, -0.25) is 9.59 Å². The van der Waals surface area contributed by atoms with Crippen molar-refractivity contribution < 1.29 is 19.5 Å². The number of benzene rings is 1. The Kier molecular flexibility index (Phi) is 2.89. The van der Waals surface area contributed by atoms with Gasteiger partial charge in [-0.15, -0.1) is 11.8 Å². The van der Waals surface area contributed by atoms with Gasteiger partial charge in [-0.25, -0.2) is 4.79 Å². The molecule has 0 radical (unpaired) electrons. The zero-order valence-corrected chi connectivity index (χ0v) is 9.71. The third kappa shape index (κ3) is 2.16. The number of hydrogen-bond donors (Lipinski definition) is 2. The molecule has 1 aromatic rings. The number of fused-ring (bicyclic) bond motifs is 1. The van der Waals surface area contributed by atoms with Gasteiger partial charge >= 0.3 is 5.97 Å². The lowest BCUT2D eigenvalue weighted by molar-refractivity contribution is -0.131. The van der Waals surface area contributed by atoms with E-state index in [1.54, 1.807) is 13.0 Å². The molecule has 1 aliphatic rings. The number of Topliss-reactive ketones (excluding diaryl/α,β-unsaturated/α-hetero) is 1. The number of carbonyl (C=O) groups excluding carboxylic acids is 2. The zero-order valence-electron chi connectivity index (χ0n) is 8.89. The molecule has 0 aromatic heterocycles. The minimum absolute atomic E-state index is 0.0618. The van der Waals surface area contributed by atoms with Gasteiger partial charge in [0, 0.05) is 10.5 Å². The summed E-state index contributed by atoms with van der Waals surface area (Å²) in [7, 11) is 0. The summed E-state index contributed by atoms with van der Waals surface area (Å²) in [5.74, 6) is -2.64. The maximum atomic E-state index is 11.4. The van der Waals surface area contributed by atoms with Crippen LogP contribution in [0.3, 0.4) is 0 Å². The van der Waals surface area contributed by atoms with E-state index in [1.165, 1.54) is 23.9 Å². The van der Waals surface area contributed by atoms with E-state index < -0.39 is 11.8 Å². The predicted octanol–water partition coefficient (Wildman–Crippen LogP) is 1.39. The molecule has 0 saturated carbocycles. The third-order valence-corrected chi connectivity index (χ3v) is 3.54. The summed E-state index contributed by atoms with van der Waals surface area (Å²) < 4.78 is 0. The summed E-state index contributed by atoms with van der Waals surface area (Å²) in [6.45, 7) is 1.78. The van der Waals surface area contributed by atoms with Crippen LogP contribution in [0.15, 0.2) is 23.1 Å². The Bertz CT molecular complexity index is 526. The molecule has 1 unspecified atom stereocenters. The SMILES string of the molecule is CC1Sc2ccc(C(=O)C(=O)O)cc2NC1=O. The van der Waals surface area contributed by atoms with Crippen molar-refractivity contribution in [2.45, 2.75) is 17.1 Å². The fraction of sp³-hybridized carbons (Fsp3) is 0.182. The Morgan fingerprint density at radius 2 is 2.12 bits per heavy atom. The van der Waals surface area contributed by atoms with Crippen molar-refractivity contribution >= 4 is 35.1 Å². The van der Waals surface area contributed by atoms with Gasteiger partial charge in [0.2, 0.25) is 5.91 Å². The van der Waals surface area contributed by atoms with Crippen molar-refractivity contribution in [1.82, 2.24) is 0 Å². The van der Waals surface area contributed by atoms with E-state index in [9.17, 15) is 14.4 Å². The van der Waals surface area contributed by atoms with Crippen molar-refractivity contribution in [2.24, 2.45) is 0 Å². The van der Waals surface area contributed by atoms with E-state index in [2.05, 4.69) is 5.32 Å². The van der Waals surface area contributed by atoms with Gasteiger partial charge in [0.1, 0.15) is 0 Å². The minimum atomic E-state index is -1.51. The molecule has 2 N–H and O–H groups in total. The lowest BCUT2D eigenvalue weighted by Gasteiger charge is -2.21. The van der Waals surface area contributed by atoms with E-state index in [0.29, 0.717) is 5.69 Å². The lowest BCUT2D eigenvalue weighted by Crippen LogP contribution is -2.26. The number of anilines is 1. The molecule has 6 heteroatoms. The molecule has 0 saturated heterocycles. The number of nitrogens with one attached hydrogen (secondary N) is 1. The fourth-order valence-electron chi connectivity index (χ4n) is 1.47. The molecule has 1 heterocycles. The Hall–Kier alpha value is -1.82. The molecule has 1 aliphatic heterocycles. The molecule has 88 valence electrons. The number of rotatable bonds is 2. The minimum Gasteiger partial charge on any atom is -0.475 e. The summed E-state index contributed by atoms with van der Waals surface area (Å²) in [5.41, 5.74) is 0.553. The number of carboxylic acids is 1. The van der Waals surface area contributed by atoms with Crippen LogP contribution in [0.4, 0.5) is 5.69 Å². The van der Waals surface area contributed by atoms with E-state index in [1.807, 2.05) is 0 Å². The van der Waals surface area contributed by atoms with Gasteiger partial charge < -0.3 is 10.4 Å². The van der Waals surface area contributed by atoms with Crippen LogP contribution in [0.1, 0.15) is 17.3 Å². The van der Waals surface area contributed by atoms with Crippen LogP contribution in [0, 0.1) is 0 Å². The Labute approximate surface area is 101 Å². The number of amides is 1. The average molecular weight is 251 g/mol. The molecule has 1 aromatic carbocycles. The van der Waals surface area contributed by atoms with E-state index in [-0.39, 0.29) is 16.7 Å². The summed E-state index contributed by atoms with van der Waals surface area (Å²) in [4.78, 5) is 34.1. The van der Waals surface area contributed by atoms with Crippen LogP contribution in [0.5, 0.6) is 0 Å². The van der Waals surface area contributed by atoms with Gasteiger partial charge in [-0.1, -0.05) is 0 Å². The van der Waals surface area contributed by atoms with Crippen molar-refractivity contribution in [3.63, 3.8) is 0 Å². The first-order valence-electron chi connectivity index (χ1n) is 4.88. The number of hydrogen-bond acceptors (Lipinski definition) is 4. The molecular formula is C11H9NO4S. The second-order valence-corrected chi connectivity index (χ2v) is 4.98. The number of carboxylic acid groups (broad SMARTS) is 1. The zero-order chi connectivity index (χ0) is 12.6. The largest absolute Gasteiger partial charge is 0.475 e. The molecule has 0 spiro atoms. The predicted molar refractivity (Wildman–Crippen MR) is 62.4 cm³/mol. The molecule has 1 amide bonds. The highest BCUT2D eigenvalue weighted by atomic mass is 32.2. The lowest BCUT2D eigenvalue weighted by atomic mass is 10.1. The molecule has 2 rings (SSSR count). The first kappa shape index (κ1) is 11.7. The van der Waals surface area contributed by atoms with Crippen molar-refractivity contribution in [3.8, 4) is 0 Å². The van der Waals surface area contributed by atoms with Crippen molar-refractivity contribution in [1.29, 1.82) is 0 Å². The van der Waals surface area contributed by atoms with Crippen molar-refractivity contribution in [2.75, 3.05) is 5.32 Å². The monoisotopic (exact) mass is 251 g/mol. The molecular weight excluding hydrogens is 242 g/mol. The molecule has 1 atom stereocenters. The highest BCUT2D eigenvalue weighted by molar-refractivity contribution is 8.00. The molecule has 0 bridgehead atoms. The van der Waals surface area contributed by atoms with Crippen LogP contribution in [0.25, 0.3) is 0 Å². The smallest absolute Gasteiger partial charge is 0.377 e. The second kappa shape index (κ2) is 4.21. The standard InChI is InChI=1S/C11H9NO4S/c1-5-10(14)12-7-4-6(9(13)11(15)16)2-3-8(7)17-5/h2-5H,1H3,(H,12,14)(H,15,16). The van der Waals surface area contributed by atoms with Crippen LogP contribution >= 0.6 is 11.8 Å². The van der Waals surface area contributed by atoms with Crippen LogP contribution < -0.4 is 5.32 Å². The second-order valence-electron chi connectivity index (χ2n) is 3.59. The number of thioether (sulfide) groups is 1. The van der Waals surface area contributed by atoms with Gasteiger partial charge in [0.05, 0.1) is 10.9 Å². The first-order valence-corrected chi connectivity index (χ1v) is 5.76. The Morgan fingerprint density at radius 1 is 1.41 bits per heavy atom. The Morgan fingerprint density at radius 3 is 2.76 bits per heavy atom. The highest BCUT2D eigenvalue weighted by Crippen LogP contribution is 2.35. The summed E-state index contributed by atoms with van der Waals surface area (Å²) in [6, 6.07) is 4.49. The van der Waals surface area contributed by atoms with Gasteiger partial charge in [0.15, 0.2) is 0 Å². The van der Waals surface area contributed by atoms with Gasteiger partial charge in [-0.05, 0) is 25.1 Å². The number of ketones is 1. The van der Waals surface area contributed by atoms with Crippen LogP contribution in [0.2, 0.25) is 0 Å². The van der Waals surface area contributed by atoms with Crippen LogP contribution in [-0.4, -0.2) is 28.0 Å². The normalized spacial score (nSPS) is 18.2. The third-order valence-electron chi connectivity index (χ3n) is 2.37.